The highest BCUT2D eigenvalue weighted by Gasteiger charge is 2.23. The first kappa shape index (κ1) is 30.6. The van der Waals surface area contributed by atoms with E-state index in [4.69, 9.17) is 0 Å². The third-order valence-electron chi connectivity index (χ3n) is 7.73. The number of hydrogen-bond donors (Lipinski definition) is 2. The van der Waals surface area contributed by atoms with Gasteiger partial charge in [0.15, 0.2) is 3.79 Å². The van der Waals surface area contributed by atoms with Crippen LogP contribution in [0.15, 0.2) is 34.4 Å². The maximum absolute atomic E-state index is 11.3. The van der Waals surface area contributed by atoms with Crippen molar-refractivity contribution < 1.29 is 15.0 Å². The van der Waals surface area contributed by atoms with Gasteiger partial charge in [-0.15, -0.1) is 0 Å². The fraction of sp³-hybridized carbons (Fsp3) is 0.759. The summed E-state index contributed by atoms with van der Waals surface area (Å²) in [5.74, 6) is 0.989. The molecule has 1 rings (SSSR count). The highest BCUT2D eigenvalue weighted by molar-refractivity contribution is 14.1. The molecular weight excluding hydrogens is 523 g/mol. The lowest BCUT2D eigenvalue weighted by atomic mass is 9.81. The second-order valence-electron chi connectivity index (χ2n) is 11.0. The quantitative estimate of drug-likeness (QED) is 0.118. The van der Waals surface area contributed by atoms with E-state index in [1.165, 1.54) is 28.7 Å². The van der Waals surface area contributed by atoms with Crippen LogP contribution in [0, 0.1) is 17.8 Å². The molecule has 0 heterocycles. The molecule has 0 saturated heterocycles. The van der Waals surface area contributed by atoms with E-state index in [0.717, 1.165) is 57.8 Å². The van der Waals surface area contributed by atoms with Crippen molar-refractivity contribution in [3.05, 3.63) is 34.4 Å². The van der Waals surface area contributed by atoms with Crippen molar-refractivity contribution in [1.29, 1.82) is 0 Å². The first-order chi connectivity index (χ1) is 15.3. The summed E-state index contributed by atoms with van der Waals surface area (Å²) in [5, 5.41) is 20.9. The van der Waals surface area contributed by atoms with Crippen molar-refractivity contribution in [3.8, 4) is 0 Å². The Morgan fingerprint density at radius 1 is 1.18 bits per heavy atom. The summed E-state index contributed by atoms with van der Waals surface area (Å²) in [6.45, 7) is 14.9. The summed E-state index contributed by atoms with van der Waals surface area (Å²) in [6, 6.07) is 0. The molecule has 0 radical (unpaired) electrons. The van der Waals surface area contributed by atoms with Gasteiger partial charge in [-0.2, -0.15) is 0 Å². The molecule has 0 aromatic heterocycles. The van der Waals surface area contributed by atoms with Crippen LogP contribution in [0.1, 0.15) is 113 Å². The number of aliphatic hydroxyl groups excluding tert-OH is 1. The molecule has 3 nitrogen and oxygen atoms in total. The van der Waals surface area contributed by atoms with E-state index in [9.17, 15) is 15.0 Å². The molecule has 0 saturated carbocycles. The molecule has 0 aromatic carbocycles. The minimum atomic E-state index is -0.632. The standard InChI is InChI=1S/C29H49IO3/c1-20(13-9-17-29(7,33)18-10-14-22(3)28(30)32)11-8-12-21(2)15-16-26-19-27(31)25(6)23(4)24(26)5/h11,19,21-22,25,27,31,33H,8-10,12-18H2,1-7H3/b20-11+. The largest absolute Gasteiger partial charge is 0.390 e. The molecule has 5 unspecified atom stereocenters. The van der Waals surface area contributed by atoms with Crippen molar-refractivity contribution >= 4 is 26.4 Å². The summed E-state index contributed by atoms with van der Waals surface area (Å²) in [7, 11) is 0. The van der Waals surface area contributed by atoms with Crippen LogP contribution < -0.4 is 0 Å². The van der Waals surface area contributed by atoms with Crippen LogP contribution in [0.25, 0.3) is 0 Å². The average Bonchev–Trinajstić information content (AvgIpc) is 2.73. The molecular formula is C29H49IO3. The van der Waals surface area contributed by atoms with Gasteiger partial charge in [0.1, 0.15) is 0 Å². The van der Waals surface area contributed by atoms with Gasteiger partial charge in [0.2, 0.25) is 0 Å². The van der Waals surface area contributed by atoms with Gasteiger partial charge < -0.3 is 10.2 Å². The summed E-state index contributed by atoms with van der Waals surface area (Å²) < 4.78 is 0.212. The van der Waals surface area contributed by atoms with Crippen molar-refractivity contribution in [2.24, 2.45) is 17.8 Å². The molecule has 190 valence electrons. The van der Waals surface area contributed by atoms with Crippen LogP contribution >= 0.6 is 22.6 Å². The normalized spacial score (nSPS) is 23.2. The summed E-state index contributed by atoms with van der Waals surface area (Å²) in [6.07, 6.45) is 14.0. The van der Waals surface area contributed by atoms with Gasteiger partial charge in [0.25, 0.3) is 0 Å². The lowest BCUT2D eigenvalue weighted by molar-refractivity contribution is -0.112. The first-order valence-electron chi connectivity index (χ1n) is 13.0. The number of allylic oxidation sites excluding steroid dienone is 4. The van der Waals surface area contributed by atoms with Crippen molar-refractivity contribution in [1.82, 2.24) is 0 Å². The van der Waals surface area contributed by atoms with Gasteiger partial charge in [-0.3, -0.25) is 4.79 Å². The van der Waals surface area contributed by atoms with E-state index in [2.05, 4.69) is 46.8 Å². The first-order valence-corrected chi connectivity index (χ1v) is 14.1. The van der Waals surface area contributed by atoms with Gasteiger partial charge in [0.05, 0.1) is 11.7 Å². The van der Waals surface area contributed by atoms with E-state index in [1.54, 1.807) is 0 Å². The summed E-state index contributed by atoms with van der Waals surface area (Å²) >= 11 is 1.87. The van der Waals surface area contributed by atoms with Gasteiger partial charge >= 0.3 is 0 Å². The topological polar surface area (TPSA) is 57.5 Å². The fourth-order valence-electron chi connectivity index (χ4n) is 4.64. The Labute approximate surface area is 217 Å². The Hall–Kier alpha value is -0.460. The van der Waals surface area contributed by atoms with Gasteiger partial charge in [-0.25, -0.2) is 0 Å². The van der Waals surface area contributed by atoms with Crippen LogP contribution in [0.5, 0.6) is 0 Å². The highest BCUT2D eigenvalue weighted by Crippen LogP contribution is 2.33. The minimum absolute atomic E-state index is 0.0910. The van der Waals surface area contributed by atoms with Gasteiger partial charge in [0, 0.05) is 11.8 Å². The van der Waals surface area contributed by atoms with E-state index in [-0.39, 0.29) is 21.7 Å². The monoisotopic (exact) mass is 572 g/mol. The Morgan fingerprint density at radius 3 is 2.45 bits per heavy atom. The minimum Gasteiger partial charge on any atom is -0.390 e. The van der Waals surface area contributed by atoms with Gasteiger partial charge in [-0.1, -0.05) is 44.1 Å². The molecule has 2 N–H and O–H groups in total. The maximum atomic E-state index is 11.3. The number of halogens is 1. The van der Waals surface area contributed by atoms with Crippen LogP contribution in [-0.4, -0.2) is 25.7 Å². The lowest BCUT2D eigenvalue weighted by Gasteiger charge is -2.27. The molecule has 1 aliphatic carbocycles. The van der Waals surface area contributed by atoms with E-state index in [1.807, 2.05) is 36.4 Å². The van der Waals surface area contributed by atoms with Crippen LogP contribution in [-0.2, 0) is 4.79 Å². The zero-order valence-electron chi connectivity index (χ0n) is 22.2. The fourth-order valence-corrected chi connectivity index (χ4v) is 4.95. The van der Waals surface area contributed by atoms with E-state index < -0.39 is 5.60 Å². The third-order valence-corrected chi connectivity index (χ3v) is 8.79. The van der Waals surface area contributed by atoms with Crippen LogP contribution in [0.4, 0.5) is 0 Å². The third kappa shape index (κ3) is 11.7. The Kier molecular flexibility index (Phi) is 13.7. The Morgan fingerprint density at radius 2 is 1.82 bits per heavy atom. The van der Waals surface area contributed by atoms with E-state index >= 15 is 0 Å². The average molecular weight is 573 g/mol. The molecule has 0 fully saturated rings. The van der Waals surface area contributed by atoms with Crippen LogP contribution in [0.2, 0.25) is 0 Å². The zero-order valence-corrected chi connectivity index (χ0v) is 24.4. The molecule has 33 heavy (non-hydrogen) atoms. The predicted molar refractivity (Wildman–Crippen MR) is 150 cm³/mol. The molecule has 0 aromatic rings. The number of carbonyl (C=O) groups excluding carboxylic acids is 1. The van der Waals surface area contributed by atoms with E-state index in [0.29, 0.717) is 5.92 Å². The summed E-state index contributed by atoms with van der Waals surface area (Å²) in [5.41, 5.74) is 4.82. The lowest BCUT2D eigenvalue weighted by Crippen LogP contribution is -2.24. The maximum Gasteiger partial charge on any atom is 0.195 e. The zero-order chi connectivity index (χ0) is 25.2. The molecule has 4 heteroatoms. The highest BCUT2D eigenvalue weighted by atomic mass is 127. The van der Waals surface area contributed by atoms with Crippen LogP contribution in [0.3, 0.4) is 0 Å². The molecule has 1 aliphatic rings. The van der Waals surface area contributed by atoms with Crippen molar-refractivity contribution in [2.75, 3.05) is 0 Å². The number of hydrogen-bond acceptors (Lipinski definition) is 3. The Bertz CT molecular complexity index is 716. The molecule has 0 spiro atoms. The molecule has 5 atom stereocenters. The second kappa shape index (κ2) is 14.8. The molecule has 0 aliphatic heterocycles. The smallest absolute Gasteiger partial charge is 0.195 e. The van der Waals surface area contributed by atoms with Gasteiger partial charge in [-0.05, 0) is 132 Å². The molecule has 0 amide bonds. The second-order valence-corrected chi connectivity index (χ2v) is 12.1. The Balaban J connectivity index is 2.28. The SMILES string of the molecule is CC1=C(C)C(C)C(O)C=C1CCC(C)CC/C=C(\C)CCCC(C)(O)CCCC(C)C(=O)I. The number of carbonyl (C=O) groups is 1. The molecule has 0 bridgehead atoms. The van der Waals surface area contributed by atoms with Crippen molar-refractivity contribution in [3.63, 3.8) is 0 Å². The number of rotatable bonds is 15. The summed E-state index contributed by atoms with van der Waals surface area (Å²) in [4.78, 5) is 11.3. The van der Waals surface area contributed by atoms with Crippen molar-refractivity contribution in [2.45, 2.75) is 124 Å². The number of aliphatic hydroxyl groups is 2. The predicted octanol–water partition coefficient (Wildman–Crippen LogP) is 8.09.